The first-order valence-corrected chi connectivity index (χ1v) is 3.51. The second-order valence-corrected chi connectivity index (χ2v) is 2.48. The molecule has 0 amide bonds. The monoisotopic (exact) mass is 145 g/mol. The van der Waals surface area contributed by atoms with Crippen LogP contribution >= 0.6 is 0 Å². The normalized spacial score (nSPS) is 9.18. The van der Waals surface area contributed by atoms with Gasteiger partial charge in [0.2, 0.25) is 0 Å². The molecule has 0 fully saturated rings. The van der Waals surface area contributed by atoms with Crippen LogP contribution in [0.1, 0.15) is 16.7 Å². The Balaban J connectivity index is 3.26. The van der Waals surface area contributed by atoms with Crippen LogP contribution in [0.25, 0.3) is 6.08 Å². The molecule has 0 aromatic heterocycles. The summed E-state index contributed by atoms with van der Waals surface area (Å²) in [4.78, 5) is 0. The Kier molecular flexibility index (Phi) is 2.21. The standard InChI is InChI=1S/C10H11N/c1-3-9-5-4-8(2)6-10(9)7-11/h3-7,11H,1H2,2H3. The Hall–Kier alpha value is -1.37. The zero-order chi connectivity index (χ0) is 8.27. The molecule has 0 atom stereocenters. The molecule has 0 saturated carbocycles. The fourth-order valence-electron chi connectivity index (χ4n) is 1.01. The van der Waals surface area contributed by atoms with E-state index in [-0.39, 0.29) is 0 Å². The van der Waals surface area contributed by atoms with E-state index in [1.165, 1.54) is 11.8 Å². The topological polar surface area (TPSA) is 23.9 Å². The lowest BCUT2D eigenvalue weighted by Crippen LogP contribution is -1.86. The molecule has 1 rings (SSSR count). The summed E-state index contributed by atoms with van der Waals surface area (Å²) in [6, 6.07) is 5.97. The zero-order valence-corrected chi connectivity index (χ0v) is 6.59. The highest BCUT2D eigenvalue weighted by atomic mass is 14.3. The fourth-order valence-corrected chi connectivity index (χ4v) is 1.01. The Labute approximate surface area is 66.9 Å². The van der Waals surface area contributed by atoms with Crippen molar-refractivity contribution in [3.8, 4) is 0 Å². The maximum absolute atomic E-state index is 7.11. The van der Waals surface area contributed by atoms with E-state index in [0.29, 0.717) is 0 Å². The van der Waals surface area contributed by atoms with Crippen LogP contribution in [0.2, 0.25) is 0 Å². The molecule has 1 aromatic carbocycles. The second-order valence-electron chi connectivity index (χ2n) is 2.48. The van der Waals surface area contributed by atoms with E-state index in [4.69, 9.17) is 5.41 Å². The van der Waals surface area contributed by atoms with Crippen molar-refractivity contribution < 1.29 is 0 Å². The van der Waals surface area contributed by atoms with E-state index in [2.05, 4.69) is 6.58 Å². The van der Waals surface area contributed by atoms with E-state index < -0.39 is 0 Å². The van der Waals surface area contributed by atoms with Crippen molar-refractivity contribution >= 4 is 12.3 Å². The van der Waals surface area contributed by atoms with Crippen LogP contribution in [0.3, 0.4) is 0 Å². The highest BCUT2D eigenvalue weighted by Crippen LogP contribution is 2.10. The molecular weight excluding hydrogens is 134 g/mol. The highest BCUT2D eigenvalue weighted by molar-refractivity contribution is 5.83. The lowest BCUT2D eigenvalue weighted by molar-refractivity contribution is 1.44. The molecule has 0 spiro atoms. The number of nitrogens with one attached hydrogen (secondary N) is 1. The van der Waals surface area contributed by atoms with E-state index in [1.807, 2.05) is 25.1 Å². The van der Waals surface area contributed by atoms with Gasteiger partial charge in [-0.15, -0.1) is 0 Å². The van der Waals surface area contributed by atoms with E-state index in [0.717, 1.165) is 11.1 Å². The van der Waals surface area contributed by atoms with Crippen LogP contribution in [-0.2, 0) is 0 Å². The predicted molar refractivity (Wildman–Crippen MR) is 49.2 cm³/mol. The molecule has 1 nitrogen and oxygen atoms in total. The van der Waals surface area contributed by atoms with Gasteiger partial charge in [0.1, 0.15) is 0 Å². The molecule has 0 saturated heterocycles. The SMILES string of the molecule is C=Cc1ccc(C)cc1C=N. The summed E-state index contributed by atoms with van der Waals surface area (Å²) in [6.45, 7) is 5.68. The average molecular weight is 145 g/mol. The maximum atomic E-state index is 7.11. The van der Waals surface area contributed by atoms with Crippen LogP contribution in [0.5, 0.6) is 0 Å². The Morgan fingerprint density at radius 3 is 2.64 bits per heavy atom. The lowest BCUT2D eigenvalue weighted by Gasteiger charge is -1.99. The summed E-state index contributed by atoms with van der Waals surface area (Å²) in [5.74, 6) is 0. The molecular formula is C10H11N. The Morgan fingerprint density at radius 1 is 1.36 bits per heavy atom. The van der Waals surface area contributed by atoms with E-state index >= 15 is 0 Å². The third kappa shape index (κ3) is 1.55. The molecule has 56 valence electrons. The first kappa shape index (κ1) is 7.73. The van der Waals surface area contributed by atoms with Crippen molar-refractivity contribution in [1.29, 1.82) is 5.41 Å². The number of hydrogen-bond acceptors (Lipinski definition) is 1. The smallest absolute Gasteiger partial charge is 0.0256 e. The van der Waals surface area contributed by atoms with Crippen molar-refractivity contribution in [2.75, 3.05) is 0 Å². The van der Waals surface area contributed by atoms with Crippen LogP contribution in [0.4, 0.5) is 0 Å². The summed E-state index contributed by atoms with van der Waals surface area (Å²) in [5, 5.41) is 7.11. The van der Waals surface area contributed by atoms with Gasteiger partial charge in [0.25, 0.3) is 0 Å². The minimum Gasteiger partial charge on any atom is -0.308 e. The maximum Gasteiger partial charge on any atom is 0.0256 e. The quantitative estimate of drug-likeness (QED) is 0.618. The third-order valence-electron chi connectivity index (χ3n) is 1.62. The van der Waals surface area contributed by atoms with Crippen LogP contribution in [-0.4, -0.2) is 6.21 Å². The molecule has 1 aromatic rings. The summed E-state index contributed by atoms with van der Waals surface area (Å²) in [7, 11) is 0. The second kappa shape index (κ2) is 3.15. The molecule has 1 N–H and O–H groups in total. The number of hydrogen-bond donors (Lipinski definition) is 1. The van der Waals surface area contributed by atoms with Crippen LogP contribution < -0.4 is 0 Å². The molecule has 0 bridgehead atoms. The van der Waals surface area contributed by atoms with Crippen LogP contribution in [0, 0.1) is 12.3 Å². The van der Waals surface area contributed by atoms with Gasteiger partial charge in [0.15, 0.2) is 0 Å². The van der Waals surface area contributed by atoms with Gasteiger partial charge in [-0.3, -0.25) is 0 Å². The van der Waals surface area contributed by atoms with Crippen molar-refractivity contribution in [3.05, 3.63) is 41.5 Å². The van der Waals surface area contributed by atoms with Gasteiger partial charge < -0.3 is 5.41 Å². The average Bonchev–Trinajstić information content (AvgIpc) is 2.04. The third-order valence-corrected chi connectivity index (χ3v) is 1.62. The number of rotatable bonds is 2. The van der Waals surface area contributed by atoms with Crippen molar-refractivity contribution in [2.24, 2.45) is 0 Å². The minimum atomic E-state index is 0.931. The van der Waals surface area contributed by atoms with Crippen molar-refractivity contribution in [2.45, 2.75) is 6.92 Å². The lowest BCUT2D eigenvalue weighted by atomic mass is 10.1. The zero-order valence-electron chi connectivity index (χ0n) is 6.59. The van der Waals surface area contributed by atoms with Crippen LogP contribution in [0.15, 0.2) is 24.8 Å². The minimum absolute atomic E-state index is 0.931. The van der Waals surface area contributed by atoms with Gasteiger partial charge in [0, 0.05) is 6.21 Å². The Bertz CT molecular complexity index is 287. The molecule has 0 radical (unpaired) electrons. The van der Waals surface area contributed by atoms with Gasteiger partial charge in [-0.2, -0.15) is 0 Å². The molecule has 0 aliphatic carbocycles. The molecule has 0 unspecified atom stereocenters. The van der Waals surface area contributed by atoms with E-state index in [9.17, 15) is 0 Å². The number of benzene rings is 1. The van der Waals surface area contributed by atoms with Gasteiger partial charge in [-0.25, -0.2) is 0 Å². The largest absolute Gasteiger partial charge is 0.308 e. The Morgan fingerprint density at radius 2 is 2.09 bits per heavy atom. The van der Waals surface area contributed by atoms with Gasteiger partial charge in [0.05, 0.1) is 0 Å². The number of aryl methyl sites for hydroxylation is 1. The molecule has 0 aliphatic rings. The van der Waals surface area contributed by atoms with Crippen molar-refractivity contribution in [1.82, 2.24) is 0 Å². The fraction of sp³-hybridized carbons (Fsp3) is 0.100. The molecule has 0 aliphatic heterocycles. The summed E-state index contributed by atoms with van der Waals surface area (Å²) in [6.07, 6.45) is 3.11. The summed E-state index contributed by atoms with van der Waals surface area (Å²) < 4.78 is 0. The van der Waals surface area contributed by atoms with Crippen molar-refractivity contribution in [3.63, 3.8) is 0 Å². The highest BCUT2D eigenvalue weighted by Gasteiger charge is 1.94. The van der Waals surface area contributed by atoms with E-state index in [1.54, 1.807) is 6.08 Å². The molecule has 11 heavy (non-hydrogen) atoms. The first-order chi connectivity index (χ1) is 5.27. The summed E-state index contributed by atoms with van der Waals surface area (Å²) in [5.41, 5.74) is 3.12. The summed E-state index contributed by atoms with van der Waals surface area (Å²) >= 11 is 0. The molecule has 1 heteroatoms. The predicted octanol–water partition coefficient (Wildman–Crippen LogP) is 2.64. The van der Waals surface area contributed by atoms with Gasteiger partial charge >= 0.3 is 0 Å². The molecule has 0 heterocycles. The van der Waals surface area contributed by atoms with Gasteiger partial charge in [-0.1, -0.05) is 30.4 Å². The van der Waals surface area contributed by atoms with Gasteiger partial charge in [-0.05, 0) is 24.1 Å². The first-order valence-electron chi connectivity index (χ1n) is 3.51.